The molecule has 0 aliphatic heterocycles. The number of aromatic carboxylic acids is 1. The van der Waals surface area contributed by atoms with E-state index in [1.807, 2.05) is 19.2 Å². The standard InChI is InChI=1S/C19H21N3O2/c1-11-8-16(20-9-15-12(2)6-5-7-13(15)3)18-21-14(4)17(19(23)24)22(18)10-11/h5-8,10,20H,9H2,1-4H3,(H,23,24). The summed E-state index contributed by atoms with van der Waals surface area (Å²) in [6, 6.07) is 8.24. The number of rotatable bonds is 4. The average molecular weight is 323 g/mol. The van der Waals surface area contributed by atoms with Crippen molar-refractivity contribution in [3.8, 4) is 0 Å². The number of nitrogens with zero attached hydrogens (tertiary/aromatic N) is 2. The Balaban J connectivity index is 2.04. The summed E-state index contributed by atoms with van der Waals surface area (Å²) in [7, 11) is 0. The number of pyridine rings is 1. The number of nitrogens with one attached hydrogen (secondary N) is 1. The fourth-order valence-electron chi connectivity index (χ4n) is 3.09. The molecular weight excluding hydrogens is 302 g/mol. The molecule has 5 nitrogen and oxygen atoms in total. The molecule has 2 heterocycles. The molecule has 0 aliphatic rings. The Labute approximate surface area is 141 Å². The summed E-state index contributed by atoms with van der Waals surface area (Å²) in [5.74, 6) is -0.966. The number of aryl methyl sites for hydroxylation is 4. The number of fused-ring (bicyclic) bond motifs is 1. The van der Waals surface area contributed by atoms with E-state index in [9.17, 15) is 9.90 Å². The van der Waals surface area contributed by atoms with Crippen LogP contribution in [0.3, 0.4) is 0 Å². The molecule has 3 rings (SSSR count). The normalized spacial score (nSPS) is 11.0. The molecule has 3 aromatic rings. The third-order valence-corrected chi connectivity index (χ3v) is 4.33. The second kappa shape index (κ2) is 6.00. The van der Waals surface area contributed by atoms with Crippen LogP contribution in [-0.4, -0.2) is 20.5 Å². The minimum atomic E-state index is -0.966. The van der Waals surface area contributed by atoms with Gasteiger partial charge in [0.1, 0.15) is 0 Å². The number of anilines is 1. The van der Waals surface area contributed by atoms with E-state index < -0.39 is 5.97 Å². The first-order valence-corrected chi connectivity index (χ1v) is 7.90. The lowest BCUT2D eigenvalue weighted by molar-refractivity contribution is 0.0688. The summed E-state index contributed by atoms with van der Waals surface area (Å²) < 4.78 is 1.65. The van der Waals surface area contributed by atoms with Crippen molar-refractivity contribution in [2.45, 2.75) is 34.2 Å². The van der Waals surface area contributed by atoms with Gasteiger partial charge in [-0.15, -0.1) is 0 Å². The van der Waals surface area contributed by atoms with Crippen LogP contribution >= 0.6 is 0 Å². The van der Waals surface area contributed by atoms with Gasteiger partial charge in [-0.05, 0) is 56.0 Å². The summed E-state index contributed by atoms with van der Waals surface area (Å²) in [5, 5.41) is 12.9. The molecule has 0 saturated heterocycles. The monoisotopic (exact) mass is 323 g/mol. The van der Waals surface area contributed by atoms with Crippen LogP contribution in [0.2, 0.25) is 0 Å². The van der Waals surface area contributed by atoms with Gasteiger partial charge in [-0.1, -0.05) is 18.2 Å². The molecule has 0 amide bonds. The van der Waals surface area contributed by atoms with E-state index in [-0.39, 0.29) is 5.69 Å². The number of hydrogen-bond acceptors (Lipinski definition) is 3. The lowest BCUT2D eigenvalue weighted by Gasteiger charge is -2.13. The quantitative estimate of drug-likeness (QED) is 0.764. The largest absolute Gasteiger partial charge is 0.477 e. The molecule has 0 aliphatic carbocycles. The summed E-state index contributed by atoms with van der Waals surface area (Å²) in [5.41, 5.74) is 6.90. The van der Waals surface area contributed by atoms with Gasteiger partial charge in [0.2, 0.25) is 0 Å². The number of carboxylic acid groups (broad SMARTS) is 1. The van der Waals surface area contributed by atoms with Crippen LogP contribution in [0.25, 0.3) is 5.65 Å². The SMILES string of the molecule is Cc1cc(NCc2c(C)cccc2C)c2nc(C)c(C(=O)O)n2c1. The van der Waals surface area contributed by atoms with E-state index >= 15 is 0 Å². The smallest absolute Gasteiger partial charge is 0.354 e. The molecule has 2 aromatic heterocycles. The highest BCUT2D eigenvalue weighted by Crippen LogP contribution is 2.23. The zero-order valence-corrected chi connectivity index (χ0v) is 14.3. The second-order valence-corrected chi connectivity index (χ2v) is 6.20. The van der Waals surface area contributed by atoms with Crippen LogP contribution < -0.4 is 5.32 Å². The molecule has 124 valence electrons. The molecule has 1 aromatic carbocycles. The molecular formula is C19H21N3O2. The van der Waals surface area contributed by atoms with Crippen LogP contribution in [0.1, 0.15) is 38.4 Å². The van der Waals surface area contributed by atoms with Gasteiger partial charge in [-0.2, -0.15) is 0 Å². The van der Waals surface area contributed by atoms with Gasteiger partial charge in [0, 0.05) is 12.7 Å². The number of carbonyl (C=O) groups is 1. The third-order valence-electron chi connectivity index (χ3n) is 4.33. The number of hydrogen-bond donors (Lipinski definition) is 2. The van der Waals surface area contributed by atoms with Gasteiger partial charge in [-0.25, -0.2) is 9.78 Å². The molecule has 0 radical (unpaired) electrons. The Bertz CT molecular complexity index is 921. The van der Waals surface area contributed by atoms with Crippen LogP contribution in [-0.2, 0) is 6.54 Å². The number of imidazole rings is 1. The first-order chi connectivity index (χ1) is 11.4. The Morgan fingerprint density at radius 3 is 2.50 bits per heavy atom. The zero-order chi connectivity index (χ0) is 17.4. The van der Waals surface area contributed by atoms with Gasteiger partial charge in [0.05, 0.1) is 11.4 Å². The third kappa shape index (κ3) is 2.73. The lowest BCUT2D eigenvalue weighted by Crippen LogP contribution is -2.07. The maximum Gasteiger partial charge on any atom is 0.354 e. The van der Waals surface area contributed by atoms with Gasteiger partial charge < -0.3 is 10.4 Å². The van der Waals surface area contributed by atoms with Gasteiger partial charge in [0.25, 0.3) is 0 Å². The van der Waals surface area contributed by atoms with Crippen molar-refractivity contribution in [2.75, 3.05) is 5.32 Å². The van der Waals surface area contributed by atoms with Crippen molar-refractivity contribution in [3.05, 3.63) is 64.1 Å². The lowest BCUT2D eigenvalue weighted by atomic mass is 10.0. The van der Waals surface area contributed by atoms with Gasteiger partial charge in [-0.3, -0.25) is 4.40 Å². The zero-order valence-electron chi connectivity index (χ0n) is 14.3. The fraction of sp³-hybridized carbons (Fsp3) is 0.263. The van der Waals surface area contributed by atoms with Crippen molar-refractivity contribution in [1.82, 2.24) is 9.38 Å². The van der Waals surface area contributed by atoms with Crippen LogP contribution in [0, 0.1) is 27.7 Å². The Morgan fingerprint density at radius 2 is 1.88 bits per heavy atom. The van der Waals surface area contributed by atoms with Crippen molar-refractivity contribution >= 4 is 17.3 Å². The fourth-order valence-corrected chi connectivity index (χ4v) is 3.09. The van der Waals surface area contributed by atoms with E-state index in [1.54, 1.807) is 11.3 Å². The maximum atomic E-state index is 11.5. The molecule has 5 heteroatoms. The van der Waals surface area contributed by atoms with Gasteiger partial charge in [0.15, 0.2) is 11.3 Å². The van der Waals surface area contributed by atoms with Crippen LogP contribution in [0.5, 0.6) is 0 Å². The van der Waals surface area contributed by atoms with Crippen LogP contribution in [0.15, 0.2) is 30.5 Å². The van der Waals surface area contributed by atoms with E-state index in [2.05, 4.69) is 42.3 Å². The molecule has 0 saturated carbocycles. The molecule has 2 N–H and O–H groups in total. The van der Waals surface area contributed by atoms with Gasteiger partial charge >= 0.3 is 5.97 Å². The van der Waals surface area contributed by atoms with Crippen molar-refractivity contribution in [2.24, 2.45) is 0 Å². The van der Waals surface area contributed by atoms with E-state index in [1.165, 1.54) is 16.7 Å². The Hall–Kier alpha value is -2.82. The molecule has 0 fully saturated rings. The maximum absolute atomic E-state index is 11.5. The second-order valence-electron chi connectivity index (χ2n) is 6.20. The highest BCUT2D eigenvalue weighted by Gasteiger charge is 2.18. The molecule has 0 bridgehead atoms. The predicted octanol–water partition coefficient (Wildman–Crippen LogP) is 3.88. The summed E-state index contributed by atoms with van der Waals surface area (Å²) in [6.45, 7) is 8.54. The predicted molar refractivity (Wildman–Crippen MR) is 94.9 cm³/mol. The van der Waals surface area contributed by atoms with Crippen LogP contribution in [0.4, 0.5) is 5.69 Å². The van der Waals surface area contributed by atoms with E-state index in [0.29, 0.717) is 17.9 Å². The highest BCUT2D eigenvalue weighted by molar-refractivity contribution is 5.89. The average Bonchev–Trinajstić information content (AvgIpc) is 2.82. The first-order valence-electron chi connectivity index (χ1n) is 7.90. The minimum Gasteiger partial charge on any atom is -0.477 e. The summed E-state index contributed by atoms with van der Waals surface area (Å²) >= 11 is 0. The highest BCUT2D eigenvalue weighted by atomic mass is 16.4. The van der Waals surface area contributed by atoms with E-state index in [0.717, 1.165) is 11.3 Å². The van der Waals surface area contributed by atoms with Crippen molar-refractivity contribution in [1.29, 1.82) is 0 Å². The number of carboxylic acids is 1. The first kappa shape index (κ1) is 16.1. The summed E-state index contributed by atoms with van der Waals surface area (Å²) in [4.78, 5) is 16.0. The Kier molecular flexibility index (Phi) is 4.01. The topological polar surface area (TPSA) is 66.6 Å². The molecule has 0 spiro atoms. The summed E-state index contributed by atoms with van der Waals surface area (Å²) in [6.07, 6.45) is 1.81. The molecule has 0 unspecified atom stereocenters. The number of aromatic nitrogens is 2. The Morgan fingerprint density at radius 1 is 1.21 bits per heavy atom. The molecule has 24 heavy (non-hydrogen) atoms. The molecule has 0 atom stereocenters. The van der Waals surface area contributed by atoms with E-state index in [4.69, 9.17) is 0 Å². The number of benzene rings is 1. The minimum absolute atomic E-state index is 0.212. The van der Waals surface area contributed by atoms with Crippen molar-refractivity contribution in [3.63, 3.8) is 0 Å². The van der Waals surface area contributed by atoms with Crippen molar-refractivity contribution < 1.29 is 9.90 Å².